The number of ether oxygens (including phenoxy) is 1. The van der Waals surface area contributed by atoms with Gasteiger partial charge in [-0.15, -0.1) is 0 Å². The number of hydrogen-bond acceptors (Lipinski definition) is 3. The molecule has 2 saturated heterocycles. The van der Waals surface area contributed by atoms with Gasteiger partial charge in [0.25, 0.3) is 0 Å². The second-order valence-electron chi connectivity index (χ2n) is 6.19. The fraction of sp³-hybridized carbons (Fsp3) is 0.867. The van der Waals surface area contributed by atoms with E-state index in [0.29, 0.717) is 5.92 Å². The van der Waals surface area contributed by atoms with Crippen LogP contribution in [0.3, 0.4) is 0 Å². The van der Waals surface area contributed by atoms with Gasteiger partial charge in [0.2, 0.25) is 0 Å². The topological polar surface area (TPSA) is 70.1 Å². The van der Waals surface area contributed by atoms with Crippen LogP contribution in [0.1, 0.15) is 39.0 Å². The Hall–Kier alpha value is -1.30. The Kier molecular flexibility index (Phi) is 5.45. The molecule has 6 nitrogen and oxygen atoms in total. The number of nitrogens with zero attached hydrogens (tertiary/aromatic N) is 2. The van der Waals surface area contributed by atoms with Crippen molar-refractivity contribution in [2.24, 2.45) is 5.92 Å². The van der Waals surface area contributed by atoms with Crippen molar-refractivity contribution in [2.75, 3.05) is 26.7 Å². The quantitative estimate of drug-likeness (QED) is 0.859. The number of urea groups is 1. The number of likely N-dealkylation sites (tertiary alicyclic amines) is 1. The van der Waals surface area contributed by atoms with Crippen molar-refractivity contribution in [1.82, 2.24) is 9.80 Å². The molecule has 0 aromatic heterocycles. The lowest BCUT2D eigenvalue weighted by molar-refractivity contribution is -0.137. The highest BCUT2D eigenvalue weighted by molar-refractivity contribution is 5.74. The van der Waals surface area contributed by atoms with Gasteiger partial charge in [-0.2, -0.15) is 0 Å². The molecule has 2 atom stereocenters. The largest absolute Gasteiger partial charge is 0.481 e. The molecule has 2 aliphatic heterocycles. The highest BCUT2D eigenvalue weighted by Gasteiger charge is 2.33. The van der Waals surface area contributed by atoms with E-state index in [1.807, 2.05) is 23.8 Å². The van der Waals surface area contributed by atoms with Gasteiger partial charge in [-0.1, -0.05) is 0 Å². The van der Waals surface area contributed by atoms with Crippen molar-refractivity contribution in [2.45, 2.75) is 51.2 Å². The molecule has 21 heavy (non-hydrogen) atoms. The Labute approximate surface area is 126 Å². The lowest BCUT2D eigenvalue weighted by Crippen LogP contribution is -2.50. The average molecular weight is 298 g/mol. The molecule has 6 heteroatoms. The summed E-state index contributed by atoms with van der Waals surface area (Å²) in [5, 5.41) is 8.72. The number of carbonyl (C=O) groups is 2. The minimum Gasteiger partial charge on any atom is -0.481 e. The zero-order chi connectivity index (χ0) is 15.4. The Morgan fingerprint density at radius 1 is 1.29 bits per heavy atom. The standard InChI is InChI=1S/C15H26N2O4/c1-11-13(7-10-21-11)16(2)15(20)17-8-5-12(6-9-17)3-4-14(18)19/h11-13H,3-10H2,1-2H3,(H,18,19). The van der Waals surface area contributed by atoms with E-state index in [1.54, 1.807) is 0 Å². The first kappa shape index (κ1) is 16.1. The van der Waals surface area contributed by atoms with Crippen LogP contribution in [0.5, 0.6) is 0 Å². The van der Waals surface area contributed by atoms with E-state index >= 15 is 0 Å². The molecule has 2 aliphatic rings. The maximum atomic E-state index is 12.5. The molecular weight excluding hydrogens is 272 g/mol. The fourth-order valence-corrected chi connectivity index (χ4v) is 3.33. The molecule has 0 bridgehead atoms. The Morgan fingerprint density at radius 3 is 2.48 bits per heavy atom. The molecule has 0 spiro atoms. The summed E-state index contributed by atoms with van der Waals surface area (Å²) in [6, 6.07) is 0.247. The Bertz CT molecular complexity index is 380. The van der Waals surface area contributed by atoms with Crippen molar-refractivity contribution >= 4 is 12.0 Å². The van der Waals surface area contributed by atoms with Crippen molar-refractivity contribution in [3.63, 3.8) is 0 Å². The number of carbonyl (C=O) groups excluding carboxylic acids is 1. The van der Waals surface area contributed by atoms with Crippen LogP contribution in [0, 0.1) is 5.92 Å². The molecular formula is C15H26N2O4. The summed E-state index contributed by atoms with van der Waals surface area (Å²) in [4.78, 5) is 26.8. The lowest BCUT2D eigenvalue weighted by atomic mass is 9.92. The summed E-state index contributed by atoms with van der Waals surface area (Å²) < 4.78 is 5.53. The highest BCUT2D eigenvalue weighted by Crippen LogP contribution is 2.24. The summed E-state index contributed by atoms with van der Waals surface area (Å²) in [6.45, 7) is 4.20. The summed E-state index contributed by atoms with van der Waals surface area (Å²) in [5.41, 5.74) is 0. The maximum absolute atomic E-state index is 12.5. The molecule has 2 rings (SSSR count). The van der Waals surface area contributed by atoms with Gasteiger partial charge in [0.15, 0.2) is 0 Å². The van der Waals surface area contributed by atoms with E-state index in [-0.39, 0.29) is 24.6 Å². The second-order valence-corrected chi connectivity index (χ2v) is 6.19. The van der Waals surface area contributed by atoms with Crippen molar-refractivity contribution in [1.29, 1.82) is 0 Å². The third-order valence-corrected chi connectivity index (χ3v) is 4.79. The van der Waals surface area contributed by atoms with Crippen molar-refractivity contribution in [3.05, 3.63) is 0 Å². The van der Waals surface area contributed by atoms with Crippen LogP contribution in [0.25, 0.3) is 0 Å². The van der Waals surface area contributed by atoms with Gasteiger partial charge in [0.05, 0.1) is 12.1 Å². The van der Waals surface area contributed by atoms with E-state index in [4.69, 9.17) is 9.84 Å². The summed E-state index contributed by atoms with van der Waals surface area (Å²) in [5.74, 6) is -0.298. The first-order chi connectivity index (χ1) is 9.99. The van der Waals surface area contributed by atoms with Crippen molar-refractivity contribution < 1.29 is 19.4 Å². The van der Waals surface area contributed by atoms with E-state index in [9.17, 15) is 9.59 Å². The molecule has 2 fully saturated rings. The number of hydrogen-bond donors (Lipinski definition) is 1. The van der Waals surface area contributed by atoms with Gasteiger partial charge in [-0.3, -0.25) is 4.79 Å². The molecule has 2 unspecified atom stereocenters. The molecule has 120 valence electrons. The Morgan fingerprint density at radius 2 is 1.95 bits per heavy atom. The first-order valence-electron chi connectivity index (χ1n) is 7.84. The van der Waals surface area contributed by atoms with Gasteiger partial charge in [0.1, 0.15) is 0 Å². The molecule has 0 aromatic rings. The number of amides is 2. The molecule has 0 saturated carbocycles. The maximum Gasteiger partial charge on any atom is 0.320 e. The highest BCUT2D eigenvalue weighted by atomic mass is 16.5. The van der Waals surface area contributed by atoms with Crippen LogP contribution < -0.4 is 0 Å². The fourth-order valence-electron chi connectivity index (χ4n) is 3.33. The minimum atomic E-state index is -0.733. The van der Waals surface area contributed by atoms with E-state index in [1.165, 1.54) is 0 Å². The van der Waals surface area contributed by atoms with Crippen LogP contribution in [0.15, 0.2) is 0 Å². The predicted octanol–water partition coefficient (Wildman–Crippen LogP) is 1.79. The molecule has 2 amide bonds. The van der Waals surface area contributed by atoms with Gasteiger partial charge in [-0.25, -0.2) is 4.79 Å². The zero-order valence-corrected chi connectivity index (χ0v) is 13.0. The number of rotatable bonds is 4. The van der Waals surface area contributed by atoms with Crippen LogP contribution in [0.2, 0.25) is 0 Å². The van der Waals surface area contributed by atoms with Gasteiger partial charge >= 0.3 is 12.0 Å². The van der Waals surface area contributed by atoms with Crippen LogP contribution in [-0.2, 0) is 9.53 Å². The summed E-state index contributed by atoms with van der Waals surface area (Å²) in [6.07, 6.45) is 3.77. The number of carboxylic acids is 1. The molecule has 0 aliphatic carbocycles. The third kappa shape index (κ3) is 4.09. The number of aliphatic carboxylic acids is 1. The number of likely N-dealkylation sites (N-methyl/N-ethyl adjacent to an activating group) is 1. The SMILES string of the molecule is CC1OCCC1N(C)C(=O)N1CCC(CCC(=O)O)CC1. The normalized spacial score (nSPS) is 26.9. The monoisotopic (exact) mass is 298 g/mol. The molecule has 1 N–H and O–H groups in total. The third-order valence-electron chi connectivity index (χ3n) is 4.79. The van der Waals surface area contributed by atoms with E-state index < -0.39 is 5.97 Å². The summed E-state index contributed by atoms with van der Waals surface area (Å²) in [7, 11) is 1.86. The molecule has 0 aromatic carbocycles. The van der Waals surface area contributed by atoms with Crippen molar-refractivity contribution in [3.8, 4) is 0 Å². The number of carboxylic acid groups (broad SMARTS) is 1. The van der Waals surface area contributed by atoms with Gasteiger partial charge in [0, 0.05) is 33.2 Å². The van der Waals surface area contributed by atoms with Crippen LogP contribution in [-0.4, -0.2) is 65.8 Å². The lowest BCUT2D eigenvalue weighted by Gasteiger charge is -2.37. The molecule has 2 heterocycles. The first-order valence-corrected chi connectivity index (χ1v) is 7.84. The smallest absolute Gasteiger partial charge is 0.320 e. The molecule has 0 radical (unpaired) electrons. The van der Waals surface area contributed by atoms with Crippen LogP contribution in [0.4, 0.5) is 4.79 Å². The van der Waals surface area contributed by atoms with Gasteiger partial charge in [-0.05, 0) is 38.5 Å². The summed E-state index contributed by atoms with van der Waals surface area (Å²) >= 11 is 0. The van der Waals surface area contributed by atoms with E-state index in [2.05, 4.69) is 0 Å². The second kappa shape index (κ2) is 7.11. The van der Waals surface area contributed by atoms with Crippen LogP contribution >= 0.6 is 0 Å². The zero-order valence-electron chi connectivity index (χ0n) is 13.0. The minimum absolute atomic E-state index is 0.0778. The predicted molar refractivity (Wildman–Crippen MR) is 78.1 cm³/mol. The van der Waals surface area contributed by atoms with E-state index in [0.717, 1.165) is 45.4 Å². The number of piperidine rings is 1. The average Bonchev–Trinajstić information content (AvgIpc) is 2.90. The Balaban J connectivity index is 1.78. The van der Waals surface area contributed by atoms with Gasteiger partial charge < -0.3 is 19.6 Å².